The van der Waals surface area contributed by atoms with Crippen molar-refractivity contribution >= 4 is 10.8 Å². The molecule has 1 saturated heterocycles. The second kappa shape index (κ2) is 7.03. The number of piperazine rings is 1. The van der Waals surface area contributed by atoms with Crippen LogP contribution in [0, 0.1) is 0 Å². The van der Waals surface area contributed by atoms with E-state index in [0.29, 0.717) is 0 Å². The quantitative estimate of drug-likeness (QED) is 0.849. The van der Waals surface area contributed by atoms with Crippen molar-refractivity contribution in [1.29, 1.82) is 0 Å². The van der Waals surface area contributed by atoms with Crippen LogP contribution in [0.4, 0.5) is 0 Å². The van der Waals surface area contributed by atoms with Gasteiger partial charge in [0.15, 0.2) is 0 Å². The highest BCUT2D eigenvalue weighted by Gasteiger charge is 2.12. The van der Waals surface area contributed by atoms with Crippen molar-refractivity contribution in [3.8, 4) is 0 Å². The zero-order chi connectivity index (χ0) is 14.5. The third-order valence-electron chi connectivity index (χ3n) is 4.34. The number of hydrogen-bond acceptors (Lipinski definition) is 3. The first-order chi connectivity index (χ1) is 10.3. The lowest BCUT2D eigenvalue weighted by atomic mass is 10.1. The van der Waals surface area contributed by atoms with Crippen molar-refractivity contribution < 1.29 is 0 Å². The average molecular weight is 283 g/mol. The molecule has 1 heterocycles. The molecule has 112 valence electrons. The van der Waals surface area contributed by atoms with E-state index in [0.717, 1.165) is 19.6 Å². The predicted octanol–water partition coefficient (Wildman–Crippen LogP) is 2.18. The molecule has 0 saturated carbocycles. The van der Waals surface area contributed by atoms with Gasteiger partial charge in [0.05, 0.1) is 0 Å². The molecule has 1 N–H and O–H groups in total. The fraction of sp³-hybridized carbons (Fsp3) is 0.444. The summed E-state index contributed by atoms with van der Waals surface area (Å²) in [6.45, 7) is 7.98. The smallest absolute Gasteiger partial charge is 0.0206 e. The van der Waals surface area contributed by atoms with Crippen LogP contribution in [0.3, 0.4) is 0 Å². The van der Waals surface area contributed by atoms with E-state index in [1.807, 2.05) is 0 Å². The maximum Gasteiger partial charge on any atom is 0.0206 e. The van der Waals surface area contributed by atoms with E-state index in [2.05, 4.69) is 64.6 Å². The van der Waals surface area contributed by atoms with Crippen molar-refractivity contribution in [2.45, 2.75) is 6.54 Å². The Kier molecular flexibility index (Phi) is 4.86. The van der Waals surface area contributed by atoms with Crippen LogP contribution in [0.15, 0.2) is 42.5 Å². The molecule has 1 aliphatic heterocycles. The van der Waals surface area contributed by atoms with Gasteiger partial charge in [0.25, 0.3) is 0 Å². The third-order valence-corrected chi connectivity index (χ3v) is 4.34. The van der Waals surface area contributed by atoms with Crippen LogP contribution in [0.2, 0.25) is 0 Å². The van der Waals surface area contributed by atoms with Gasteiger partial charge in [0, 0.05) is 45.8 Å². The van der Waals surface area contributed by atoms with E-state index in [9.17, 15) is 0 Å². The number of benzene rings is 2. The summed E-state index contributed by atoms with van der Waals surface area (Å²) in [7, 11) is 2.20. The normalized spacial score (nSPS) is 17.4. The minimum atomic E-state index is 0.957. The van der Waals surface area contributed by atoms with E-state index in [1.54, 1.807) is 0 Å². The lowest BCUT2D eigenvalue weighted by molar-refractivity contribution is 0.154. The van der Waals surface area contributed by atoms with Crippen LogP contribution in [0.25, 0.3) is 10.8 Å². The molecule has 0 spiro atoms. The van der Waals surface area contributed by atoms with E-state index < -0.39 is 0 Å². The van der Waals surface area contributed by atoms with Gasteiger partial charge in [-0.25, -0.2) is 0 Å². The fourth-order valence-electron chi connectivity index (χ4n) is 2.89. The molecule has 0 aromatic heterocycles. The second-order valence-electron chi connectivity index (χ2n) is 6.00. The fourth-order valence-corrected chi connectivity index (χ4v) is 2.89. The number of nitrogens with one attached hydrogen (secondary N) is 1. The maximum absolute atomic E-state index is 3.57. The van der Waals surface area contributed by atoms with Crippen molar-refractivity contribution in [2.75, 3.05) is 46.3 Å². The number of likely N-dealkylation sites (N-methyl/N-ethyl adjacent to an activating group) is 1. The van der Waals surface area contributed by atoms with Gasteiger partial charge < -0.3 is 10.2 Å². The molecule has 0 bridgehead atoms. The lowest BCUT2D eigenvalue weighted by Gasteiger charge is -2.32. The molecule has 0 atom stereocenters. The van der Waals surface area contributed by atoms with Gasteiger partial charge in [-0.15, -0.1) is 0 Å². The van der Waals surface area contributed by atoms with E-state index >= 15 is 0 Å². The SMILES string of the molecule is CN1CCN(CCNCc2ccc3ccccc3c2)CC1. The maximum atomic E-state index is 3.57. The van der Waals surface area contributed by atoms with Crippen LogP contribution >= 0.6 is 0 Å². The predicted molar refractivity (Wildman–Crippen MR) is 89.6 cm³/mol. The van der Waals surface area contributed by atoms with Crippen LogP contribution in [0.1, 0.15) is 5.56 Å². The zero-order valence-corrected chi connectivity index (χ0v) is 12.9. The van der Waals surface area contributed by atoms with Gasteiger partial charge in [-0.3, -0.25) is 4.90 Å². The molecule has 0 unspecified atom stereocenters. The summed E-state index contributed by atoms with van der Waals surface area (Å²) in [6.07, 6.45) is 0. The molecule has 1 aliphatic rings. The lowest BCUT2D eigenvalue weighted by Crippen LogP contribution is -2.46. The summed E-state index contributed by atoms with van der Waals surface area (Å²) in [5, 5.41) is 6.22. The molecule has 0 amide bonds. The molecule has 3 rings (SSSR count). The van der Waals surface area contributed by atoms with Crippen molar-refractivity contribution in [3.63, 3.8) is 0 Å². The summed E-state index contributed by atoms with van der Waals surface area (Å²) < 4.78 is 0. The van der Waals surface area contributed by atoms with Crippen molar-refractivity contribution in [3.05, 3.63) is 48.0 Å². The Bertz CT molecular complexity index is 573. The Balaban J connectivity index is 1.44. The molecule has 3 heteroatoms. The number of hydrogen-bond donors (Lipinski definition) is 1. The molecule has 0 aliphatic carbocycles. The summed E-state index contributed by atoms with van der Waals surface area (Å²) >= 11 is 0. The molecule has 2 aromatic rings. The molecule has 2 aromatic carbocycles. The topological polar surface area (TPSA) is 18.5 Å². The first-order valence-corrected chi connectivity index (χ1v) is 7.90. The molecule has 0 radical (unpaired) electrons. The highest BCUT2D eigenvalue weighted by molar-refractivity contribution is 5.82. The third kappa shape index (κ3) is 4.03. The minimum absolute atomic E-state index is 0.957. The van der Waals surface area contributed by atoms with Crippen LogP contribution in [-0.2, 0) is 6.54 Å². The van der Waals surface area contributed by atoms with Gasteiger partial charge in [0.2, 0.25) is 0 Å². The average Bonchev–Trinajstić information content (AvgIpc) is 2.53. The highest BCUT2D eigenvalue weighted by atomic mass is 15.2. The Labute approximate surface area is 127 Å². The molecular formula is C18H25N3. The second-order valence-corrected chi connectivity index (χ2v) is 6.00. The number of rotatable bonds is 5. The summed E-state index contributed by atoms with van der Waals surface area (Å²) in [4.78, 5) is 4.95. The van der Waals surface area contributed by atoms with Crippen LogP contribution in [-0.4, -0.2) is 56.1 Å². The summed E-state index contributed by atoms with van der Waals surface area (Å²) in [5.41, 5.74) is 1.37. The van der Waals surface area contributed by atoms with Gasteiger partial charge in [-0.05, 0) is 29.4 Å². The van der Waals surface area contributed by atoms with Gasteiger partial charge in [-0.2, -0.15) is 0 Å². The Morgan fingerprint density at radius 1 is 0.952 bits per heavy atom. The van der Waals surface area contributed by atoms with Gasteiger partial charge in [0.1, 0.15) is 0 Å². The van der Waals surface area contributed by atoms with Gasteiger partial charge in [-0.1, -0.05) is 36.4 Å². The van der Waals surface area contributed by atoms with Crippen LogP contribution in [0.5, 0.6) is 0 Å². The largest absolute Gasteiger partial charge is 0.311 e. The Hall–Kier alpha value is -1.42. The Morgan fingerprint density at radius 3 is 2.52 bits per heavy atom. The Morgan fingerprint density at radius 2 is 1.71 bits per heavy atom. The van der Waals surface area contributed by atoms with Gasteiger partial charge >= 0.3 is 0 Å². The standard InChI is InChI=1S/C18H25N3/c1-20-10-12-21(13-11-20)9-8-19-15-16-6-7-17-4-2-3-5-18(17)14-16/h2-7,14,19H,8-13,15H2,1H3. The molecular weight excluding hydrogens is 258 g/mol. The highest BCUT2D eigenvalue weighted by Crippen LogP contribution is 2.15. The van der Waals surface area contributed by atoms with Crippen molar-refractivity contribution in [1.82, 2.24) is 15.1 Å². The minimum Gasteiger partial charge on any atom is -0.311 e. The number of fused-ring (bicyclic) bond motifs is 1. The molecule has 21 heavy (non-hydrogen) atoms. The first kappa shape index (κ1) is 14.5. The van der Waals surface area contributed by atoms with E-state index in [1.165, 1.54) is 42.5 Å². The monoisotopic (exact) mass is 283 g/mol. The summed E-state index contributed by atoms with van der Waals surface area (Å²) in [5.74, 6) is 0. The number of nitrogens with zero attached hydrogens (tertiary/aromatic N) is 2. The zero-order valence-electron chi connectivity index (χ0n) is 12.9. The summed E-state index contributed by atoms with van der Waals surface area (Å²) in [6, 6.07) is 15.3. The molecule has 1 fully saturated rings. The van der Waals surface area contributed by atoms with E-state index in [-0.39, 0.29) is 0 Å². The van der Waals surface area contributed by atoms with Crippen molar-refractivity contribution in [2.24, 2.45) is 0 Å². The van der Waals surface area contributed by atoms with Crippen LogP contribution < -0.4 is 5.32 Å². The van der Waals surface area contributed by atoms with E-state index in [4.69, 9.17) is 0 Å². The molecule has 3 nitrogen and oxygen atoms in total. The first-order valence-electron chi connectivity index (χ1n) is 7.90.